The maximum Gasteiger partial charge on any atom is 0.341 e. The lowest BCUT2D eigenvalue weighted by atomic mass is 10.2. The van der Waals surface area contributed by atoms with Gasteiger partial charge in [-0.15, -0.1) is 5.10 Å². The Hall–Kier alpha value is -2.21. The quantitative estimate of drug-likeness (QED) is 0.666. The van der Waals surface area contributed by atoms with Gasteiger partial charge in [0.25, 0.3) is 0 Å². The van der Waals surface area contributed by atoms with Crippen LogP contribution in [-0.2, 0) is 4.74 Å². The first-order chi connectivity index (χ1) is 9.01. The summed E-state index contributed by atoms with van der Waals surface area (Å²) < 4.78 is 10.2. The zero-order chi connectivity index (χ0) is 14.0. The monoisotopic (exact) mass is 281 g/mol. The molecule has 19 heavy (non-hydrogen) atoms. The average Bonchev–Trinajstić information content (AvgIpc) is 2.77. The number of nitrogens with one attached hydrogen (secondary N) is 1. The predicted molar refractivity (Wildman–Crippen MR) is 70.6 cm³/mol. The van der Waals surface area contributed by atoms with Crippen molar-refractivity contribution in [2.24, 2.45) is 0 Å². The second kappa shape index (κ2) is 5.19. The molecule has 0 atom stereocenters. The molecule has 0 spiro atoms. The van der Waals surface area contributed by atoms with Crippen molar-refractivity contribution in [2.75, 3.05) is 12.8 Å². The van der Waals surface area contributed by atoms with Crippen LogP contribution >= 0.6 is 11.6 Å². The Morgan fingerprint density at radius 1 is 1.42 bits per heavy atom. The second-order valence-corrected chi connectivity index (χ2v) is 4.27. The zero-order valence-electron chi connectivity index (χ0n) is 10.4. The Labute approximate surface area is 114 Å². The topological polar surface area (TPSA) is 90.2 Å². The van der Waals surface area contributed by atoms with E-state index in [1.54, 1.807) is 6.07 Å². The maximum atomic E-state index is 11.7. The van der Waals surface area contributed by atoms with Gasteiger partial charge in [0.2, 0.25) is 5.88 Å². The van der Waals surface area contributed by atoms with Crippen LogP contribution < -0.4 is 10.5 Å². The van der Waals surface area contributed by atoms with Gasteiger partial charge in [-0.2, -0.15) is 0 Å². The first-order valence-electron chi connectivity index (χ1n) is 5.38. The lowest BCUT2D eigenvalue weighted by molar-refractivity contribution is 0.0598. The highest BCUT2D eigenvalue weighted by Crippen LogP contribution is 2.35. The minimum Gasteiger partial charge on any atom is -0.465 e. The molecule has 1 aromatic heterocycles. The third-order valence-corrected chi connectivity index (χ3v) is 2.64. The average molecular weight is 282 g/mol. The molecule has 0 saturated heterocycles. The van der Waals surface area contributed by atoms with Crippen LogP contribution in [0.3, 0.4) is 0 Å². The van der Waals surface area contributed by atoms with Crippen molar-refractivity contribution in [2.45, 2.75) is 6.92 Å². The molecule has 1 heterocycles. The standard InChI is InChI=1S/C12H12ClN3O3/c1-6-3-10(16-15-6)19-11-8(12(17)18-2)4-7(14)5-9(11)13/h3-5H,14H2,1-2H3,(H,15,16). The van der Waals surface area contributed by atoms with E-state index in [4.69, 9.17) is 22.1 Å². The molecule has 0 amide bonds. The first kappa shape index (κ1) is 13.2. The van der Waals surface area contributed by atoms with E-state index in [9.17, 15) is 4.79 Å². The van der Waals surface area contributed by atoms with Crippen molar-refractivity contribution < 1.29 is 14.3 Å². The number of carbonyl (C=O) groups is 1. The number of aryl methyl sites for hydroxylation is 1. The molecule has 0 fully saturated rings. The highest BCUT2D eigenvalue weighted by Gasteiger charge is 2.19. The van der Waals surface area contributed by atoms with Crippen LogP contribution in [0, 0.1) is 6.92 Å². The molecule has 0 saturated carbocycles. The largest absolute Gasteiger partial charge is 0.465 e. The van der Waals surface area contributed by atoms with Gasteiger partial charge in [-0.05, 0) is 19.1 Å². The number of esters is 1. The van der Waals surface area contributed by atoms with Crippen LogP contribution in [-0.4, -0.2) is 23.3 Å². The number of aromatic amines is 1. The Morgan fingerprint density at radius 2 is 2.16 bits per heavy atom. The van der Waals surface area contributed by atoms with Crippen molar-refractivity contribution >= 4 is 23.3 Å². The van der Waals surface area contributed by atoms with Crippen LogP contribution in [0.1, 0.15) is 16.1 Å². The van der Waals surface area contributed by atoms with Crippen molar-refractivity contribution in [3.05, 3.63) is 34.5 Å². The van der Waals surface area contributed by atoms with Gasteiger partial charge < -0.3 is 15.2 Å². The second-order valence-electron chi connectivity index (χ2n) is 3.86. The fourth-order valence-corrected chi connectivity index (χ4v) is 1.80. The van der Waals surface area contributed by atoms with E-state index in [0.717, 1.165) is 5.69 Å². The van der Waals surface area contributed by atoms with Crippen molar-refractivity contribution in [3.8, 4) is 11.6 Å². The number of rotatable bonds is 3. The molecule has 2 aromatic rings. The van der Waals surface area contributed by atoms with E-state index in [1.807, 2.05) is 6.92 Å². The summed E-state index contributed by atoms with van der Waals surface area (Å²) in [7, 11) is 1.27. The third-order valence-electron chi connectivity index (χ3n) is 2.36. The fourth-order valence-electron chi connectivity index (χ4n) is 1.53. The number of ether oxygens (including phenoxy) is 2. The van der Waals surface area contributed by atoms with Gasteiger partial charge in [-0.25, -0.2) is 4.79 Å². The molecule has 3 N–H and O–H groups in total. The lowest BCUT2D eigenvalue weighted by Gasteiger charge is -2.10. The molecule has 0 aliphatic carbocycles. The Morgan fingerprint density at radius 3 is 2.74 bits per heavy atom. The van der Waals surface area contributed by atoms with Gasteiger partial charge in [-0.1, -0.05) is 11.6 Å². The number of methoxy groups -OCH3 is 1. The summed E-state index contributed by atoms with van der Waals surface area (Å²) in [4.78, 5) is 11.7. The van der Waals surface area contributed by atoms with Gasteiger partial charge in [-0.3, -0.25) is 5.10 Å². The van der Waals surface area contributed by atoms with Gasteiger partial charge in [0.1, 0.15) is 5.56 Å². The molecule has 0 radical (unpaired) electrons. The molecular weight excluding hydrogens is 270 g/mol. The first-order valence-corrected chi connectivity index (χ1v) is 5.76. The highest BCUT2D eigenvalue weighted by atomic mass is 35.5. The predicted octanol–water partition coefficient (Wildman–Crippen LogP) is 2.53. The molecule has 2 rings (SSSR count). The van der Waals surface area contributed by atoms with E-state index in [-0.39, 0.29) is 16.3 Å². The molecule has 0 unspecified atom stereocenters. The minimum atomic E-state index is -0.587. The number of nitrogen functional groups attached to an aromatic ring is 1. The summed E-state index contributed by atoms with van der Waals surface area (Å²) in [6.07, 6.45) is 0. The summed E-state index contributed by atoms with van der Waals surface area (Å²) >= 11 is 6.04. The van der Waals surface area contributed by atoms with Gasteiger partial charge >= 0.3 is 5.97 Å². The van der Waals surface area contributed by atoms with E-state index in [2.05, 4.69) is 14.9 Å². The Balaban J connectivity index is 2.45. The van der Waals surface area contributed by atoms with Gasteiger partial charge in [0.05, 0.1) is 12.1 Å². The number of hydrogen-bond acceptors (Lipinski definition) is 5. The molecule has 0 bridgehead atoms. The van der Waals surface area contributed by atoms with Crippen LogP contribution in [0.4, 0.5) is 5.69 Å². The number of nitrogens with two attached hydrogens (primary N) is 1. The Bertz CT molecular complexity index is 625. The molecule has 100 valence electrons. The summed E-state index contributed by atoms with van der Waals surface area (Å²) in [5.74, 6) is -0.125. The van der Waals surface area contributed by atoms with Crippen LogP contribution in [0.25, 0.3) is 0 Å². The number of H-pyrrole nitrogens is 1. The summed E-state index contributed by atoms with van der Waals surface area (Å²) in [6.45, 7) is 1.83. The highest BCUT2D eigenvalue weighted by molar-refractivity contribution is 6.33. The number of benzene rings is 1. The third kappa shape index (κ3) is 2.79. The van der Waals surface area contributed by atoms with E-state index >= 15 is 0 Å². The summed E-state index contributed by atoms with van der Waals surface area (Å²) in [5, 5.41) is 6.84. The minimum absolute atomic E-state index is 0.146. The summed E-state index contributed by atoms with van der Waals surface area (Å²) in [5.41, 5.74) is 6.96. The number of carbonyl (C=O) groups excluding carboxylic acids is 1. The molecule has 0 aliphatic rings. The lowest BCUT2D eigenvalue weighted by Crippen LogP contribution is -2.05. The molecule has 7 heteroatoms. The molecule has 1 aromatic carbocycles. The SMILES string of the molecule is COC(=O)c1cc(N)cc(Cl)c1Oc1cc(C)[nH]n1. The van der Waals surface area contributed by atoms with E-state index in [1.165, 1.54) is 19.2 Å². The smallest absolute Gasteiger partial charge is 0.341 e. The number of halogens is 1. The number of hydrogen-bond donors (Lipinski definition) is 2. The summed E-state index contributed by atoms with van der Waals surface area (Å²) in [6, 6.07) is 4.60. The van der Waals surface area contributed by atoms with Gasteiger partial charge in [0, 0.05) is 17.4 Å². The van der Waals surface area contributed by atoms with Crippen LogP contribution in [0.15, 0.2) is 18.2 Å². The Kier molecular flexibility index (Phi) is 3.62. The van der Waals surface area contributed by atoms with E-state index < -0.39 is 5.97 Å². The van der Waals surface area contributed by atoms with Crippen LogP contribution in [0.2, 0.25) is 5.02 Å². The van der Waals surface area contributed by atoms with Crippen molar-refractivity contribution in [1.29, 1.82) is 0 Å². The maximum absolute atomic E-state index is 11.7. The number of nitrogens with zero attached hydrogens (tertiary/aromatic N) is 1. The van der Waals surface area contributed by atoms with Crippen LogP contribution in [0.5, 0.6) is 11.6 Å². The number of aromatic nitrogens is 2. The van der Waals surface area contributed by atoms with Crippen molar-refractivity contribution in [3.63, 3.8) is 0 Å². The normalized spacial score (nSPS) is 10.3. The molecule has 6 nitrogen and oxygen atoms in total. The van der Waals surface area contributed by atoms with E-state index in [0.29, 0.717) is 11.6 Å². The molecular formula is C12H12ClN3O3. The number of anilines is 1. The fraction of sp³-hybridized carbons (Fsp3) is 0.167. The zero-order valence-corrected chi connectivity index (χ0v) is 11.1. The molecule has 0 aliphatic heterocycles. The van der Waals surface area contributed by atoms with Crippen molar-refractivity contribution in [1.82, 2.24) is 10.2 Å². The van der Waals surface area contributed by atoms with Gasteiger partial charge in [0.15, 0.2) is 5.75 Å².